The van der Waals surface area contributed by atoms with E-state index in [1.54, 1.807) is 14.2 Å². The van der Waals surface area contributed by atoms with E-state index in [9.17, 15) is 14.7 Å². The van der Waals surface area contributed by atoms with Gasteiger partial charge in [-0.1, -0.05) is 18.2 Å². The molecule has 1 atom stereocenters. The molecule has 34 heavy (non-hydrogen) atoms. The Hall–Kier alpha value is -3.06. The van der Waals surface area contributed by atoms with Crippen molar-refractivity contribution in [1.82, 2.24) is 0 Å². The largest absolute Gasteiger partial charge is 0.493 e. The van der Waals surface area contributed by atoms with Gasteiger partial charge < -0.3 is 24.1 Å². The number of hydrogen-bond acceptors (Lipinski definition) is 6. The van der Waals surface area contributed by atoms with Crippen molar-refractivity contribution in [3.05, 3.63) is 41.5 Å². The maximum Gasteiger partial charge on any atom is 0.313 e. The van der Waals surface area contributed by atoms with Gasteiger partial charge in [-0.05, 0) is 55.4 Å². The molecule has 3 aliphatic rings. The van der Waals surface area contributed by atoms with Gasteiger partial charge in [0.1, 0.15) is 11.5 Å². The molecule has 1 N–H and O–H groups in total. The van der Waals surface area contributed by atoms with Gasteiger partial charge >= 0.3 is 5.97 Å². The molecule has 1 aliphatic heterocycles. The minimum absolute atomic E-state index is 0.0548. The molecule has 0 amide bonds. The first kappa shape index (κ1) is 22.7. The number of hydrogen-bond donors (Lipinski definition) is 1. The molecule has 5 rings (SSSR count). The van der Waals surface area contributed by atoms with Gasteiger partial charge in [0, 0.05) is 36.7 Å². The number of fused-ring (bicyclic) bond motifs is 1. The van der Waals surface area contributed by atoms with Crippen molar-refractivity contribution in [2.45, 2.75) is 44.6 Å². The van der Waals surface area contributed by atoms with Crippen LogP contribution < -0.4 is 14.2 Å². The second-order valence-corrected chi connectivity index (χ2v) is 9.38. The molecule has 0 spiro atoms. The highest BCUT2D eigenvalue weighted by atomic mass is 16.5. The SMILES string of the molecule is COc1ccc(-c2cccc3c2CCC3=O)c(OC(C2CCOCC2)C2(C(=O)O)CC2)c1OC. The van der Waals surface area contributed by atoms with Crippen molar-refractivity contribution in [1.29, 1.82) is 0 Å². The van der Waals surface area contributed by atoms with Crippen molar-refractivity contribution in [2.24, 2.45) is 11.3 Å². The van der Waals surface area contributed by atoms with Crippen LogP contribution in [0, 0.1) is 11.3 Å². The summed E-state index contributed by atoms with van der Waals surface area (Å²) < 4.78 is 23.6. The fourth-order valence-electron chi connectivity index (χ4n) is 5.53. The van der Waals surface area contributed by atoms with Crippen LogP contribution in [0.4, 0.5) is 0 Å². The lowest BCUT2D eigenvalue weighted by atomic mass is 9.83. The number of carbonyl (C=O) groups excluding carboxylic acids is 1. The summed E-state index contributed by atoms with van der Waals surface area (Å²) in [5.74, 6) is 0.787. The Bertz CT molecular complexity index is 1110. The highest BCUT2D eigenvalue weighted by molar-refractivity contribution is 6.02. The summed E-state index contributed by atoms with van der Waals surface area (Å²) >= 11 is 0. The van der Waals surface area contributed by atoms with Crippen LogP contribution in [0.5, 0.6) is 17.2 Å². The molecule has 1 saturated heterocycles. The van der Waals surface area contributed by atoms with Gasteiger partial charge in [-0.25, -0.2) is 0 Å². The zero-order valence-corrected chi connectivity index (χ0v) is 19.6. The summed E-state index contributed by atoms with van der Waals surface area (Å²) in [6.07, 6.45) is 3.30. The Morgan fingerprint density at radius 3 is 2.38 bits per heavy atom. The molecule has 0 bridgehead atoms. The number of ether oxygens (including phenoxy) is 4. The summed E-state index contributed by atoms with van der Waals surface area (Å²) in [4.78, 5) is 24.8. The third kappa shape index (κ3) is 3.72. The van der Waals surface area contributed by atoms with Crippen LogP contribution in [-0.4, -0.2) is 50.4 Å². The first-order valence-electron chi connectivity index (χ1n) is 11.9. The summed E-state index contributed by atoms with van der Waals surface area (Å²) in [6.45, 7) is 1.19. The van der Waals surface area contributed by atoms with E-state index in [1.165, 1.54) is 0 Å². The van der Waals surface area contributed by atoms with Crippen LogP contribution in [0.2, 0.25) is 0 Å². The first-order valence-corrected chi connectivity index (χ1v) is 11.9. The maximum absolute atomic E-state index is 12.4. The van der Waals surface area contributed by atoms with Crippen LogP contribution >= 0.6 is 0 Å². The number of rotatable bonds is 8. The van der Waals surface area contributed by atoms with Crippen molar-refractivity contribution in [3.63, 3.8) is 0 Å². The lowest BCUT2D eigenvalue weighted by Crippen LogP contribution is -2.43. The number of aliphatic carboxylic acids is 1. The number of carbonyl (C=O) groups is 2. The second kappa shape index (κ2) is 8.95. The Morgan fingerprint density at radius 1 is 1.00 bits per heavy atom. The second-order valence-electron chi connectivity index (χ2n) is 9.38. The normalized spacial score (nSPS) is 19.9. The number of carboxylic acids is 1. The summed E-state index contributed by atoms with van der Waals surface area (Å²) in [5.41, 5.74) is 2.50. The van der Waals surface area contributed by atoms with Crippen LogP contribution in [0.1, 0.15) is 48.0 Å². The zero-order valence-electron chi connectivity index (χ0n) is 19.6. The fourth-order valence-corrected chi connectivity index (χ4v) is 5.53. The number of methoxy groups -OCH3 is 2. The molecule has 7 heteroatoms. The molecule has 0 aromatic heterocycles. The van der Waals surface area contributed by atoms with Crippen LogP contribution in [0.3, 0.4) is 0 Å². The molecule has 1 saturated carbocycles. The monoisotopic (exact) mass is 466 g/mol. The molecule has 1 unspecified atom stereocenters. The molecular formula is C27H30O7. The molecular weight excluding hydrogens is 436 g/mol. The van der Waals surface area contributed by atoms with E-state index in [0.717, 1.165) is 35.1 Å². The van der Waals surface area contributed by atoms with Gasteiger partial charge in [0.05, 0.1) is 14.2 Å². The highest BCUT2D eigenvalue weighted by Gasteiger charge is 2.60. The van der Waals surface area contributed by atoms with E-state index in [4.69, 9.17) is 18.9 Å². The van der Waals surface area contributed by atoms with Gasteiger partial charge in [0.25, 0.3) is 0 Å². The van der Waals surface area contributed by atoms with E-state index in [2.05, 4.69) is 0 Å². The third-order valence-corrected chi connectivity index (χ3v) is 7.57. The number of carboxylic acid groups (broad SMARTS) is 1. The topological polar surface area (TPSA) is 91.3 Å². The van der Waals surface area contributed by atoms with Crippen LogP contribution in [0.15, 0.2) is 30.3 Å². The Labute approximate surface area is 199 Å². The van der Waals surface area contributed by atoms with Gasteiger partial charge in [-0.2, -0.15) is 0 Å². The minimum atomic E-state index is -0.915. The predicted molar refractivity (Wildman–Crippen MR) is 125 cm³/mol. The van der Waals surface area contributed by atoms with E-state index in [0.29, 0.717) is 56.1 Å². The smallest absolute Gasteiger partial charge is 0.313 e. The van der Waals surface area contributed by atoms with Crippen LogP contribution in [0.25, 0.3) is 11.1 Å². The molecule has 2 aliphatic carbocycles. The van der Waals surface area contributed by atoms with Crippen molar-refractivity contribution in [2.75, 3.05) is 27.4 Å². The average molecular weight is 467 g/mol. The van der Waals surface area contributed by atoms with Crippen LogP contribution in [-0.2, 0) is 16.0 Å². The summed E-state index contributed by atoms with van der Waals surface area (Å²) in [7, 11) is 3.12. The Kier molecular flexibility index (Phi) is 5.98. The van der Waals surface area contributed by atoms with Crippen molar-refractivity contribution < 1.29 is 33.6 Å². The summed E-state index contributed by atoms with van der Waals surface area (Å²) in [5, 5.41) is 10.1. The molecule has 180 valence electrons. The zero-order chi connectivity index (χ0) is 23.9. The fraction of sp³-hybridized carbons (Fsp3) is 0.481. The lowest BCUT2D eigenvalue weighted by Gasteiger charge is -2.35. The molecule has 1 heterocycles. The standard InChI is InChI=1S/C27H30O7/c1-31-22-9-7-20(17-4-3-5-19-18(17)6-8-21(19)28)23(24(22)32-2)34-25(16-10-14-33-15-11-16)27(12-13-27)26(29)30/h3-5,7,9,16,25H,6,8,10-15H2,1-2H3,(H,29,30). The van der Waals surface area contributed by atoms with Gasteiger partial charge in [0.15, 0.2) is 17.3 Å². The van der Waals surface area contributed by atoms with Gasteiger partial charge in [-0.3, -0.25) is 9.59 Å². The van der Waals surface area contributed by atoms with Crippen molar-refractivity contribution >= 4 is 11.8 Å². The molecule has 0 radical (unpaired) electrons. The quantitative estimate of drug-likeness (QED) is 0.611. The summed E-state index contributed by atoms with van der Waals surface area (Å²) in [6, 6.07) is 9.47. The van der Waals surface area contributed by atoms with Crippen molar-refractivity contribution in [3.8, 4) is 28.4 Å². The van der Waals surface area contributed by atoms with Gasteiger partial charge in [0.2, 0.25) is 5.75 Å². The molecule has 7 nitrogen and oxygen atoms in total. The maximum atomic E-state index is 12.4. The highest BCUT2D eigenvalue weighted by Crippen LogP contribution is 2.56. The molecule has 2 fully saturated rings. The van der Waals surface area contributed by atoms with E-state index < -0.39 is 17.5 Å². The van der Waals surface area contributed by atoms with Gasteiger partial charge in [-0.15, -0.1) is 0 Å². The van der Waals surface area contributed by atoms with E-state index in [1.807, 2.05) is 30.3 Å². The van der Waals surface area contributed by atoms with E-state index >= 15 is 0 Å². The average Bonchev–Trinajstić information content (AvgIpc) is 3.59. The molecule has 2 aromatic rings. The predicted octanol–water partition coefficient (Wildman–Crippen LogP) is 4.54. The Balaban J connectivity index is 1.65. The minimum Gasteiger partial charge on any atom is -0.493 e. The number of Topliss-reactive ketones (excluding diaryl/α,β-unsaturated/α-hetero) is 1. The third-order valence-electron chi connectivity index (χ3n) is 7.57. The molecule has 2 aromatic carbocycles. The first-order chi connectivity index (χ1) is 16.5. The number of benzene rings is 2. The number of ketones is 1. The Morgan fingerprint density at radius 2 is 1.74 bits per heavy atom. The van der Waals surface area contributed by atoms with E-state index in [-0.39, 0.29) is 11.7 Å². The lowest BCUT2D eigenvalue weighted by molar-refractivity contribution is -0.150.